The largest absolute Gasteiger partial charge is 0.460 e. The summed E-state index contributed by atoms with van der Waals surface area (Å²) in [5.41, 5.74) is -0.384. The fraction of sp³-hybridized carbons (Fsp3) is 0.667. The molecule has 0 fully saturated rings. The zero-order chi connectivity index (χ0) is 9.78. The molecule has 0 saturated carbocycles. The second kappa shape index (κ2) is 4.65. The molecule has 0 amide bonds. The molecule has 0 heterocycles. The number of carbonyl (C=O) groups is 1. The summed E-state index contributed by atoms with van der Waals surface area (Å²) < 4.78 is 5.91. The molecule has 0 unspecified atom stereocenters. The lowest BCUT2D eigenvalue weighted by Crippen LogP contribution is -2.23. The van der Waals surface area contributed by atoms with Gasteiger partial charge in [0.15, 0.2) is 0 Å². The van der Waals surface area contributed by atoms with Gasteiger partial charge in [0.1, 0.15) is 5.60 Å². The molecule has 12 heavy (non-hydrogen) atoms. The van der Waals surface area contributed by atoms with Gasteiger partial charge in [-0.2, -0.15) is 0 Å². The first kappa shape index (κ1) is 11.7. The van der Waals surface area contributed by atoms with Crippen molar-refractivity contribution < 1.29 is 9.53 Å². The summed E-state index contributed by atoms with van der Waals surface area (Å²) in [6, 6.07) is 0. The minimum atomic E-state index is -0.384. The van der Waals surface area contributed by atoms with Crippen molar-refractivity contribution in [3.8, 4) is 0 Å². The summed E-state index contributed by atoms with van der Waals surface area (Å²) in [7, 11) is 0. The average molecular weight is 235 g/mol. The van der Waals surface area contributed by atoms with Gasteiger partial charge in [0, 0.05) is 0 Å². The molecule has 0 N–H and O–H groups in total. The topological polar surface area (TPSA) is 26.3 Å². The number of esters is 1. The van der Waals surface area contributed by atoms with Crippen LogP contribution in [-0.4, -0.2) is 11.6 Å². The monoisotopic (exact) mass is 234 g/mol. The molecule has 0 aliphatic carbocycles. The Hall–Kier alpha value is -0.310. The van der Waals surface area contributed by atoms with Crippen molar-refractivity contribution in [2.24, 2.45) is 0 Å². The third-order valence-corrected chi connectivity index (χ3v) is 1.42. The van der Waals surface area contributed by atoms with E-state index in [1.807, 2.05) is 20.8 Å². The van der Waals surface area contributed by atoms with Gasteiger partial charge in [-0.1, -0.05) is 22.5 Å². The highest BCUT2D eigenvalue weighted by atomic mass is 79.9. The quantitative estimate of drug-likeness (QED) is 0.703. The lowest BCUT2D eigenvalue weighted by molar-refractivity contribution is -0.154. The maximum absolute atomic E-state index is 11.1. The van der Waals surface area contributed by atoms with Crippen molar-refractivity contribution in [1.29, 1.82) is 0 Å². The molecule has 3 heteroatoms. The molecule has 2 nitrogen and oxygen atoms in total. The van der Waals surface area contributed by atoms with Gasteiger partial charge in [-0.05, 0) is 31.7 Å². The summed E-state index contributed by atoms with van der Waals surface area (Å²) >= 11 is 3.18. The minimum Gasteiger partial charge on any atom is -0.460 e. The Morgan fingerprint density at radius 1 is 1.42 bits per heavy atom. The molecule has 0 aromatic carbocycles. The van der Waals surface area contributed by atoms with E-state index in [1.165, 1.54) is 0 Å². The Balaban J connectivity index is 3.68. The summed E-state index contributed by atoms with van der Waals surface area (Å²) in [4.78, 5) is 11.1. The van der Waals surface area contributed by atoms with E-state index in [2.05, 4.69) is 22.5 Å². The molecule has 0 aromatic rings. The van der Waals surface area contributed by atoms with Gasteiger partial charge in [-0.3, -0.25) is 4.79 Å². The van der Waals surface area contributed by atoms with Gasteiger partial charge < -0.3 is 4.74 Å². The second-order valence-electron chi connectivity index (χ2n) is 3.60. The Morgan fingerprint density at radius 3 is 2.25 bits per heavy atom. The van der Waals surface area contributed by atoms with Gasteiger partial charge in [0.2, 0.25) is 0 Å². The van der Waals surface area contributed by atoms with E-state index < -0.39 is 0 Å². The van der Waals surface area contributed by atoms with Crippen LogP contribution in [0.3, 0.4) is 0 Å². The van der Waals surface area contributed by atoms with E-state index in [0.29, 0.717) is 12.8 Å². The van der Waals surface area contributed by atoms with Crippen LogP contribution in [0.2, 0.25) is 0 Å². The molecule has 0 atom stereocenters. The van der Waals surface area contributed by atoms with E-state index in [9.17, 15) is 4.79 Å². The van der Waals surface area contributed by atoms with E-state index in [-0.39, 0.29) is 11.6 Å². The van der Waals surface area contributed by atoms with Crippen LogP contribution < -0.4 is 0 Å². The van der Waals surface area contributed by atoms with Crippen LogP contribution in [0, 0.1) is 0 Å². The summed E-state index contributed by atoms with van der Waals surface area (Å²) in [5, 5.41) is 0. The second-order valence-corrected chi connectivity index (χ2v) is 4.73. The van der Waals surface area contributed by atoms with Crippen molar-refractivity contribution in [2.75, 3.05) is 0 Å². The third kappa shape index (κ3) is 7.79. The summed E-state index contributed by atoms with van der Waals surface area (Å²) in [6.45, 7) is 9.20. The highest BCUT2D eigenvalue weighted by Gasteiger charge is 2.15. The molecule has 0 aliphatic heterocycles. The smallest absolute Gasteiger partial charge is 0.306 e. The van der Waals surface area contributed by atoms with Gasteiger partial charge in [0.25, 0.3) is 0 Å². The van der Waals surface area contributed by atoms with Crippen LogP contribution in [0.1, 0.15) is 33.6 Å². The maximum atomic E-state index is 11.1. The van der Waals surface area contributed by atoms with E-state index in [1.54, 1.807) is 0 Å². The number of rotatable bonds is 3. The highest BCUT2D eigenvalue weighted by Crippen LogP contribution is 2.13. The number of hydrogen-bond donors (Lipinski definition) is 0. The van der Waals surface area contributed by atoms with Crippen LogP contribution in [-0.2, 0) is 9.53 Å². The first-order chi connectivity index (χ1) is 5.31. The van der Waals surface area contributed by atoms with Gasteiger partial charge in [-0.15, -0.1) is 0 Å². The third-order valence-electron chi connectivity index (χ3n) is 1.02. The molecule has 0 aliphatic rings. The van der Waals surface area contributed by atoms with E-state index in [0.717, 1.165) is 4.48 Å². The Morgan fingerprint density at radius 2 is 1.92 bits per heavy atom. The minimum absolute atomic E-state index is 0.178. The lowest BCUT2D eigenvalue weighted by Gasteiger charge is -2.19. The predicted octanol–water partition coefficient (Wildman–Crippen LogP) is 3.02. The molecule has 0 radical (unpaired) electrons. The van der Waals surface area contributed by atoms with E-state index in [4.69, 9.17) is 4.74 Å². The van der Waals surface area contributed by atoms with Crippen molar-refractivity contribution in [3.63, 3.8) is 0 Å². The van der Waals surface area contributed by atoms with Crippen LogP contribution in [0.15, 0.2) is 11.1 Å². The average Bonchev–Trinajstić information content (AvgIpc) is 1.79. The number of halogens is 1. The zero-order valence-electron chi connectivity index (χ0n) is 7.82. The van der Waals surface area contributed by atoms with Gasteiger partial charge in [0.05, 0.1) is 6.42 Å². The van der Waals surface area contributed by atoms with Crippen molar-refractivity contribution >= 4 is 21.9 Å². The van der Waals surface area contributed by atoms with Crippen LogP contribution in [0.5, 0.6) is 0 Å². The molecular formula is C9H15BrO2. The number of carbonyl (C=O) groups excluding carboxylic acids is 1. The first-order valence-electron chi connectivity index (χ1n) is 3.86. The molecule has 0 saturated heterocycles. The zero-order valence-corrected chi connectivity index (χ0v) is 9.40. The van der Waals surface area contributed by atoms with Crippen LogP contribution >= 0.6 is 15.9 Å². The molecule has 70 valence electrons. The van der Waals surface area contributed by atoms with Crippen molar-refractivity contribution in [3.05, 3.63) is 11.1 Å². The van der Waals surface area contributed by atoms with Crippen LogP contribution in [0.4, 0.5) is 0 Å². The Bertz CT molecular complexity index is 179. The molecule has 0 rings (SSSR count). The standard InChI is InChI=1S/C9H15BrO2/c1-7(10)5-6-8(11)12-9(2,3)4/h1,5-6H2,2-4H3. The highest BCUT2D eigenvalue weighted by molar-refractivity contribution is 9.11. The van der Waals surface area contributed by atoms with Gasteiger partial charge in [-0.25, -0.2) is 0 Å². The van der Waals surface area contributed by atoms with E-state index >= 15 is 0 Å². The molecular weight excluding hydrogens is 220 g/mol. The SMILES string of the molecule is C=C(Br)CCC(=O)OC(C)(C)C. The summed E-state index contributed by atoms with van der Waals surface area (Å²) in [5.74, 6) is -0.178. The predicted molar refractivity (Wildman–Crippen MR) is 53.1 cm³/mol. The number of allylic oxidation sites excluding steroid dienone is 1. The fourth-order valence-electron chi connectivity index (χ4n) is 0.630. The lowest BCUT2D eigenvalue weighted by atomic mass is 10.2. The first-order valence-corrected chi connectivity index (χ1v) is 4.66. The molecule has 0 spiro atoms. The fourth-order valence-corrected chi connectivity index (χ4v) is 0.828. The Labute approximate surface area is 82.1 Å². The summed E-state index contributed by atoms with van der Waals surface area (Å²) in [6.07, 6.45) is 1.02. The number of hydrogen-bond acceptors (Lipinski definition) is 2. The maximum Gasteiger partial charge on any atom is 0.306 e. The number of ether oxygens (including phenoxy) is 1. The van der Waals surface area contributed by atoms with Gasteiger partial charge >= 0.3 is 5.97 Å². The molecule has 0 aromatic heterocycles. The molecule has 0 bridgehead atoms. The van der Waals surface area contributed by atoms with Crippen LogP contribution in [0.25, 0.3) is 0 Å². The van der Waals surface area contributed by atoms with Crippen molar-refractivity contribution in [2.45, 2.75) is 39.2 Å². The Kier molecular flexibility index (Phi) is 4.53. The normalized spacial score (nSPS) is 11.0. The van der Waals surface area contributed by atoms with Crippen molar-refractivity contribution in [1.82, 2.24) is 0 Å².